The van der Waals surface area contributed by atoms with Crippen LogP contribution < -0.4 is 5.32 Å². The van der Waals surface area contributed by atoms with Crippen molar-refractivity contribution in [1.29, 1.82) is 0 Å². The lowest BCUT2D eigenvalue weighted by atomic mass is 9.82. The zero-order chi connectivity index (χ0) is 24.0. The zero-order valence-corrected chi connectivity index (χ0v) is 19.5. The summed E-state index contributed by atoms with van der Waals surface area (Å²) in [6.07, 6.45) is 0. The number of hydrogen-bond donors (Lipinski definition) is 1. The van der Waals surface area contributed by atoms with Gasteiger partial charge in [0.05, 0.1) is 31.0 Å². The smallest absolute Gasteiger partial charge is 0.338 e. The summed E-state index contributed by atoms with van der Waals surface area (Å²) in [6, 6.07) is 13.4. The number of esters is 2. The highest BCUT2D eigenvalue weighted by atomic mass is 35.5. The number of ether oxygens (including phenoxy) is 2. The molecule has 1 aliphatic heterocycles. The molecule has 8 nitrogen and oxygen atoms in total. The maximum atomic E-state index is 12.8. The van der Waals surface area contributed by atoms with Gasteiger partial charge in [-0.2, -0.15) is 5.10 Å². The van der Waals surface area contributed by atoms with Gasteiger partial charge in [-0.1, -0.05) is 23.7 Å². The Bertz CT molecular complexity index is 1050. The van der Waals surface area contributed by atoms with Gasteiger partial charge in [-0.25, -0.2) is 4.79 Å². The molecule has 1 N–H and O–H groups in total. The molecule has 1 amide bonds. The Kier molecular flexibility index (Phi) is 7.71. The number of rotatable bonds is 8. The Labute approximate surface area is 197 Å². The molecule has 0 saturated heterocycles. The van der Waals surface area contributed by atoms with E-state index in [0.29, 0.717) is 22.0 Å². The molecule has 1 heterocycles. The standard InChI is InChI=1S/C24H26ClN3O5/c1-4-32-22(30)17-8-12-19(13-9-17)26-20(29)14-28-15-24(3,23(31)33-5-2)21(27-28)16-6-10-18(25)11-7-16/h6-13H,4-5,14-15H2,1-3H3,(H,26,29). The zero-order valence-electron chi connectivity index (χ0n) is 18.8. The van der Waals surface area contributed by atoms with E-state index >= 15 is 0 Å². The van der Waals surface area contributed by atoms with Crippen LogP contribution in [0.4, 0.5) is 5.69 Å². The molecule has 9 heteroatoms. The SMILES string of the molecule is CCOC(=O)c1ccc(NC(=O)CN2CC(C)(C(=O)OCC)C(c3ccc(Cl)cc3)=N2)cc1. The number of hydrazone groups is 1. The highest BCUT2D eigenvalue weighted by Crippen LogP contribution is 2.33. The summed E-state index contributed by atoms with van der Waals surface area (Å²) < 4.78 is 10.2. The maximum Gasteiger partial charge on any atom is 0.338 e. The highest BCUT2D eigenvalue weighted by molar-refractivity contribution is 6.30. The van der Waals surface area contributed by atoms with Crippen molar-refractivity contribution in [2.75, 3.05) is 31.6 Å². The number of nitrogens with one attached hydrogen (secondary N) is 1. The van der Waals surface area contributed by atoms with Gasteiger partial charge in [-0.05, 0) is 62.7 Å². The van der Waals surface area contributed by atoms with Crippen LogP contribution in [0, 0.1) is 5.41 Å². The molecular formula is C24H26ClN3O5. The third-order valence-electron chi connectivity index (χ3n) is 5.11. The van der Waals surface area contributed by atoms with E-state index in [9.17, 15) is 14.4 Å². The molecule has 0 bridgehead atoms. The first kappa shape index (κ1) is 24.3. The predicted octanol–water partition coefficient (Wildman–Crippen LogP) is 3.74. The molecule has 3 rings (SSSR count). The number of amides is 1. The molecule has 2 aromatic carbocycles. The minimum absolute atomic E-state index is 0.0638. The summed E-state index contributed by atoms with van der Waals surface area (Å²) in [5.41, 5.74) is 1.14. The lowest BCUT2D eigenvalue weighted by molar-refractivity contribution is -0.150. The lowest BCUT2D eigenvalue weighted by Crippen LogP contribution is -2.41. The third kappa shape index (κ3) is 5.70. The minimum Gasteiger partial charge on any atom is -0.465 e. The second kappa shape index (κ2) is 10.5. The Morgan fingerprint density at radius 1 is 1.03 bits per heavy atom. The van der Waals surface area contributed by atoms with Crippen molar-refractivity contribution in [2.45, 2.75) is 20.8 Å². The van der Waals surface area contributed by atoms with Gasteiger partial charge in [0.25, 0.3) is 0 Å². The summed E-state index contributed by atoms with van der Waals surface area (Å²) in [5, 5.41) is 9.46. The first-order valence-electron chi connectivity index (χ1n) is 10.6. The monoisotopic (exact) mass is 471 g/mol. The molecule has 0 radical (unpaired) electrons. The molecule has 2 aromatic rings. The van der Waals surface area contributed by atoms with Crippen LogP contribution >= 0.6 is 11.6 Å². The maximum absolute atomic E-state index is 12.8. The van der Waals surface area contributed by atoms with Crippen molar-refractivity contribution in [3.63, 3.8) is 0 Å². The third-order valence-corrected chi connectivity index (χ3v) is 5.36. The second-order valence-electron chi connectivity index (χ2n) is 7.68. The van der Waals surface area contributed by atoms with Crippen LogP contribution in [-0.4, -0.2) is 54.9 Å². The number of benzene rings is 2. The molecule has 0 fully saturated rings. The Hall–Kier alpha value is -3.39. The van der Waals surface area contributed by atoms with E-state index in [1.54, 1.807) is 74.3 Å². The van der Waals surface area contributed by atoms with E-state index < -0.39 is 17.4 Å². The van der Waals surface area contributed by atoms with Gasteiger partial charge in [-0.15, -0.1) is 0 Å². The van der Waals surface area contributed by atoms with E-state index in [4.69, 9.17) is 21.1 Å². The first-order valence-corrected chi connectivity index (χ1v) is 11.0. The molecule has 1 unspecified atom stereocenters. The Morgan fingerprint density at radius 2 is 1.67 bits per heavy atom. The van der Waals surface area contributed by atoms with Crippen LogP contribution in [0.2, 0.25) is 5.02 Å². The van der Waals surface area contributed by atoms with Gasteiger partial charge in [0.15, 0.2) is 0 Å². The fourth-order valence-corrected chi connectivity index (χ4v) is 3.65. The van der Waals surface area contributed by atoms with Gasteiger partial charge in [0, 0.05) is 10.7 Å². The van der Waals surface area contributed by atoms with Crippen molar-refractivity contribution in [3.8, 4) is 0 Å². The fourth-order valence-electron chi connectivity index (χ4n) is 3.52. The summed E-state index contributed by atoms with van der Waals surface area (Å²) in [6.45, 7) is 5.89. The van der Waals surface area contributed by atoms with Crippen LogP contribution in [0.1, 0.15) is 36.7 Å². The molecule has 33 heavy (non-hydrogen) atoms. The van der Waals surface area contributed by atoms with Crippen LogP contribution in [0.5, 0.6) is 0 Å². The van der Waals surface area contributed by atoms with E-state index in [1.165, 1.54) is 0 Å². The quantitative estimate of drug-likeness (QED) is 0.589. The van der Waals surface area contributed by atoms with Crippen molar-refractivity contribution < 1.29 is 23.9 Å². The van der Waals surface area contributed by atoms with Crippen LogP contribution in [0.15, 0.2) is 53.6 Å². The van der Waals surface area contributed by atoms with Gasteiger partial charge in [0.2, 0.25) is 5.91 Å². The molecule has 0 aliphatic carbocycles. The van der Waals surface area contributed by atoms with E-state index in [-0.39, 0.29) is 32.2 Å². The normalized spacial score (nSPS) is 17.3. The summed E-state index contributed by atoms with van der Waals surface area (Å²) >= 11 is 6.00. The first-order chi connectivity index (χ1) is 15.8. The Morgan fingerprint density at radius 3 is 2.27 bits per heavy atom. The van der Waals surface area contributed by atoms with Gasteiger partial charge >= 0.3 is 11.9 Å². The molecule has 174 valence electrons. The van der Waals surface area contributed by atoms with Crippen LogP contribution in [0.3, 0.4) is 0 Å². The average molecular weight is 472 g/mol. The summed E-state index contributed by atoms with van der Waals surface area (Å²) in [5.74, 6) is -1.14. The van der Waals surface area contributed by atoms with E-state index in [2.05, 4.69) is 10.4 Å². The summed E-state index contributed by atoms with van der Waals surface area (Å²) in [4.78, 5) is 37.2. The van der Waals surface area contributed by atoms with Crippen molar-refractivity contribution in [3.05, 3.63) is 64.7 Å². The summed E-state index contributed by atoms with van der Waals surface area (Å²) in [7, 11) is 0. The van der Waals surface area contributed by atoms with E-state index in [0.717, 1.165) is 5.56 Å². The molecule has 0 spiro atoms. The highest BCUT2D eigenvalue weighted by Gasteiger charge is 2.47. The molecule has 0 saturated carbocycles. The second-order valence-corrected chi connectivity index (χ2v) is 8.11. The topological polar surface area (TPSA) is 97.3 Å². The average Bonchev–Trinajstić information content (AvgIpc) is 3.12. The number of nitrogens with zero attached hydrogens (tertiary/aromatic N) is 2. The minimum atomic E-state index is -1.04. The van der Waals surface area contributed by atoms with Gasteiger partial charge < -0.3 is 14.8 Å². The lowest BCUT2D eigenvalue weighted by Gasteiger charge is -2.24. The van der Waals surface area contributed by atoms with Crippen molar-refractivity contribution >= 4 is 40.8 Å². The van der Waals surface area contributed by atoms with Gasteiger partial charge in [0.1, 0.15) is 12.0 Å². The number of carbonyl (C=O) groups is 3. The van der Waals surface area contributed by atoms with Gasteiger partial charge in [-0.3, -0.25) is 14.6 Å². The number of anilines is 1. The van der Waals surface area contributed by atoms with Crippen molar-refractivity contribution in [1.82, 2.24) is 5.01 Å². The van der Waals surface area contributed by atoms with Crippen LogP contribution in [-0.2, 0) is 19.1 Å². The molecule has 1 aliphatic rings. The van der Waals surface area contributed by atoms with Crippen LogP contribution in [0.25, 0.3) is 0 Å². The van der Waals surface area contributed by atoms with E-state index in [1.807, 2.05) is 0 Å². The number of hydrogen-bond acceptors (Lipinski definition) is 7. The fraction of sp³-hybridized carbons (Fsp3) is 0.333. The Balaban J connectivity index is 1.73. The predicted molar refractivity (Wildman–Crippen MR) is 125 cm³/mol. The number of halogens is 1. The number of carbonyl (C=O) groups excluding carboxylic acids is 3. The molecule has 1 atom stereocenters. The molecular weight excluding hydrogens is 446 g/mol. The van der Waals surface area contributed by atoms with Crippen molar-refractivity contribution in [2.24, 2.45) is 10.5 Å². The molecule has 0 aromatic heterocycles. The largest absolute Gasteiger partial charge is 0.465 e.